The van der Waals surface area contributed by atoms with Gasteiger partial charge in [-0.05, 0) is 76.5 Å². The fourth-order valence-electron chi connectivity index (χ4n) is 5.21. The minimum atomic E-state index is -0.00609. The molecule has 1 aliphatic heterocycles. The number of ether oxygens (including phenoxy) is 1. The first-order valence-electron chi connectivity index (χ1n) is 13.3. The Balaban J connectivity index is 1.39. The molecule has 1 N–H and O–H groups in total. The Kier molecular flexibility index (Phi) is 7.97. The molecule has 0 bridgehead atoms. The van der Waals surface area contributed by atoms with E-state index in [9.17, 15) is 4.79 Å². The van der Waals surface area contributed by atoms with E-state index in [-0.39, 0.29) is 12.0 Å². The molecule has 190 valence electrons. The Morgan fingerprint density at radius 1 is 1.28 bits per heavy atom. The summed E-state index contributed by atoms with van der Waals surface area (Å²) in [5.74, 6) is -0.00609. The van der Waals surface area contributed by atoms with E-state index in [2.05, 4.69) is 39.3 Å². The molecule has 1 aliphatic carbocycles. The average Bonchev–Trinajstić information content (AvgIpc) is 3.67. The third-order valence-electron chi connectivity index (χ3n) is 7.33. The number of hydrogen-bond donors (Lipinski definition) is 1. The highest BCUT2D eigenvalue weighted by molar-refractivity contribution is 7.13. The molecule has 3 aromatic heterocycles. The third kappa shape index (κ3) is 5.62. The number of nitrogens with zero attached hydrogens (tertiary/aromatic N) is 3. The maximum Gasteiger partial charge on any atom is 0.253 e. The molecule has 1 saturated heterocycles. The number of hydrogen-bond acceptors (Lipinski definition) is 5. The molecule has 1 atom stereocenters. The maximum absolute atomic E-state index is 13.2. The van der Waals surface area contributed by atoms with E-state index < -0.39 is 0 Å². The summed E-state index contributed by atoms with van der Waals surface area (Å²) >= 11 is 1.63. The summed E-state index contributed by atoms with van der Waals surface area (Å²) in [7, 11) is 0. The maximum atomic E-state index is 13.2. The van der Waals surface area contributed by atoms with Gasteiger partial charge in [0.25, 0.3) is 5.91 Å². The Bertz CT molecular complexity index is 1240. The Hall–Kier alpha value is -2.77. The first kappa shape index (κ1) is 24.9. The highest BCUT2D eigenvalue weighted by Gasteiger charge is 2.24. The zero-order chi connectivity index (χ0) is 24.9. The van der Waals surface area contributed by atoms with Crippen molar-refractivity contribution in [1.29, 1.82) is 0 Å². The van der Waals surface area contributed by atoms with Crippen LogP contribution in [0.25, 0.3) is 22.0 Å². The van der Waals surface area contributed by atoms with Crippen molar-refractivity contribution < 1.29 is 9.53 Å². The number of aryl methyl sites for hydroxylation is 1. The van der Waals surface area contributed by atoms with Crippen LogP contribution in [0.5, 0.6) is 0 Å². The Labute approximate surface area is 217 Å². The van der Waals surface area contributed by atoms with Gasteiger partial charge in [0.1, 0.15) is 5.01 Å². The Morgan fingerprint density at radius 3 is 2.97 bits per heavy atom. The molecule has 2 aliphatic rings. The minimum Gasteiger partial charge on any atom is -0.376 e. The molecule has 0 aromatic carbocycles. The molecule has 0 radical (unpaired) electrons. The molecular weight excluding hydrogens is 468 g/mol. The third-order valence-corrected chi connectivity index (χ3v) is 8.22. The SMILES string of the molecule is CCc1cc(-c2nc(-c3cc(C(=O)NCCC4=CCCCC4)c(C)n3CC3CCCO3)cs2)ccn1. The number of carbonyl (C=O) groups excluding carboxylic acids is 1. The van der Waals surface area contributed by atoms with Gasteiger partial charge in [0.2, 0.25) is 0 Å². The van der Waals surface area contributed by atoms with E-state index in [4.69, 9.17) is 9.72 Å². The van der Waals surface area contributed by atoms with Crippen LogP contribution >= 0.6 is 11.3 Å². The van der Waals surface area contributed by atoms with Crippen LogP contribution in [0.15, 0.2) is 41.4 Å². The number of amides is 1. The molecule has 5 rings (SSSR count). The summed E-state index contributed by atoms with van der Waals surface area (Å²) in [6.07, 6.45) is 13.2. The van der Waals surface area contributed by atoms with Gasteiger partial charge in [-0.3, -0.25) is 9.78 Å². The summed E-state index contributed by atoms with van der Waals surface area (Å²) in [5.41, 5.74) is 7.21. The van der Waals surface area contributed by atoms with Crippen molar-refractivity contribution in [2.24, 2.45) is 0 Å². The lowest BCUT2D eigenvalue weighted by Crippen LogP contribution is -2.25. The summed E-state index contributed by atoms with van der Waals surface area (Å²) in [4.78, 5) is 22.6. The summed E-state index contributed by atoms with van der Waals surface area (Å²) in [5, 5.41) is 6.23. The molecule has 4 heterocycles. The minimum absolute atomic E-state index is 0.00609. The zero-order valence-corrected chi connectivity index (χ0v) is 22.2. The number of thiazole rings is 1. The summed E-state index contributed by atoms with van der Waals surface area (Å²) < 4.78 is 8.19. The van der Waals surface area contributed by atoms with Crippen LogP contribution in [0.1, 0.15) is 73.6 Å². The van der Waals surface area contributed by atoms with E-state index in [0.29, 0.717) is 6.54 Å². The van der Waals surface area contributed by atoms with Gasteiger partial charge in [-0.2, -0.15) is 0 Å². The fraction of sp³-hybridized carbons (Fsp3) is 0.483. The van der Waals surface area contributed by atoms with Crippen molar-refractivity contribution in [2.45, 2.75) is 77.9 Å². The first-order chi connectivity index (χ1) is 17.6. The predicted octanol–water partition coefficient (Wildman–Crippen LogP) is 6.34. The van der Waals surface area contributed by atoms with E-state index in [1.54, 1.807) is 11.3 Å². The van der Waals surface area contributed by atoms with Gasteiger partial charge in [-0.15, -0.1) is 11.3 Å². The molecule has 1 amide bonds. The van der Waals surface area contributed by atoms with Crippen LogP contribution in [-0.4, -0.2) is 39.7 Å². The van der Waals surface area contributed by atoms with Crippen LogP contribution in [0.3, 0.4) is 0 Å². The highest BCUT2D eigenvalue weighted by Crippen LogP contribution is 2.32. The molecule has 6 nitrogen and oxygen atoms in total. The lowest BCUT2D eigenvalue weighted by molar-refractivity contribution is 0.0941. The number of allylic oxidation sites excluding steroid dienone is 1. The molecular formula is C29H36N4O2S. The van der Waals surface area contributed by atoms with Gasteiger partial charge in [0.05, 0.1) is 23.1 Å². The number of aromatic nitrogens is 3. The van der Waals surface area contributed by atoms with Gasteiger partial charge in [-0.25, -0.2) is 4.98 Å². The van der Waals surface area contributed by atoms with Crippen molar-refractivity contribution in [3.63, 3.8) is 0 Å². The second kappa shape index (κ2) is 11.5. The number of nitrogens with one attached hydrogen (secondary N) is 1. The molecule has 3 aromatic rings. The normalized spacial score (nSPS) is 17.8. The fourth-order valence-corrected chi connectivity index (χ4v) is 6.02. The Morgan fingerprint density at radius 2 is 2.19 bits per heavy atom. The summed E-state index contributed by atoms with van der Waals surface area (Å²) in [6.45, 7) is 6.38. The van der Waals surface area contributed by atoms with Gasteiger partial charge in [0.15, 0.2) is 0 Å². The monoisotopic (exact) mass is 504 g/mol. The van der Waals surface area contributed by atoms with Gasteiger partial charge >= 0.3 is 0 Å². The van der Waals surface area contributed by atoms with Gasteiger partial charge in [0, 0.05) is 48.2 Å². The molecule has 7 heteroatoms. The number of pyridine rings is 1. The average molecular weight is 505 g/mol. The van der Waals surface area contributed by atoms with Crippen LogP contribution < -0.4 is 5.32 Å². The molecule has 0 spiro atoms. The number of rotatable bonds is 9. The predicted molar refractivity (Wildman–Crippen MR) is 145 cm³/mol. The lowest BCUT2D eigenvalue weighted by Gasteiger charge is -2.16. The quantitative estimate of drug-likeness (QED) is 0.345. The van der Waals surface area contributed by atoms with Crippen molar-refractivity contribution >= 4 is 17.2 Å². The van der Waals surface area contributed by atoms with Gasteiger partial charge < -0.3 is 14.6 Å². The van der Waals surface area contributed by atoms with Crippen molar-refractivity contribution in [1.82, 2.24) is 19.9 Å². The highest BCUT2D eigenvalue weighted by atomic mass is 32.1. The molecule has 36 heavy (non-hydrogen) atoms. The second-order valence-corrected chi connectivity index (χ2v) is 10.7. The van der Waals surface area contributed by atoms with Crippen LogP contribution in [0.2, 0.25) is 0 Å². The second-order valence-electron chi connectivity index (χ2n) is 9.82. The van der Waals surface area contributed by atoms with E-state index >= 15 is 0 Å². The molecule has 0 saturated carbocycles. The zero-order valence-electron chi connectivity index (χ0n) is 21.4. The van der Waals surface area contributed by atoms with E-state index in [0.717, 1.165) is 77.7 Å². The van der Waals surface area contributed by atoms with Crippen molar-refractivity contribution in [3.05, 3.63) is 58.4 Å². The van der Waals surface area contributed by atoms with E-state index in [1.807, 2.05) is 25.3 Å². The number of carbonyl (C=O) groups is 1. The summed E-state index contributed by atoms with van der Waals surface area (Å²) in [6, 6.07) is 6.14. The molecule has 1 unspecified atom stereocenters. The smallest absolute Gasteiger partial charge is 0.253 e. The van der Waals surface area contributed by atoms with E-state index in [1.165, 1.54) is 31.3 Å². The van der Waals surface area contributed by atoms with Gasteiger partial charge in [-0.1, -0.05) is 18.6 Å². The van der Waals surface area contributed by atoms with Crippen LogP contribution in [0, 0.1) is 6.92 Å². The van der Waals surface area contributed by atoms with Crippen LogP contribution in [0.4, 0.5) is 0 Å². The van der Waals surface area contributed by atoms with Crippen molar-refractivity contribution in [3.8, 4) is 22.0 Å². The topological polar surface area (TPSA) is 69.0 Å². The lowest BCUT2D eigenvalue weighted by atomic mass is 9.97. The van der Waals surface area contributed by atoms with Crippen molar-refractivity contribution in [2.75, 3.05) is 13.2 Å². The van der Waals surface area contributed by atoms with Crippen LogP contribution in [-0.2, 0) is 17.7 Å². The molecule has 1 fully saturated rings. The largest absolute Gasteiger partial charge is 0.376 e. The first-order valence-corrected chi connectivity index (χ1v) is 14.2. The standard InChI is InChI=1S/C29H36N4O2S/c1-3-23-16-22(12-14-30-23)29-32-26(19-36-29)27-17-25(20(2)33(27)18-24-10-7-15-35-24)28(34)31-13-11-21-8-5-4-6-9-21/h8,12,14,16-17,19,24H,3-7,9-11,13,15,18H2,1-2H3,(H,31,34).